The molecule has 17 heavy (non-hydrogen) atoms. The molecule has 0 spiro atoms. The van der Waals surface area contributed by atoms with Crippen LogP contribution >= 0.6 is 11.8 Å². The molecule has 0 radical (unpaired) electrons. The molecule has 98 valence electrons. The molecule has 0 saturated heterocycles. The van der Waals surface area contributed by atoms with Gasteiger partial charge in [-0.05, 0) is 25.6 Å². The maximum absolute atomic E-state index is 11.9. The summed E-state index contributed by atoms with van der Waals surface area (Å²) in [5.74, 6) is 0.0236. The van der Waals surface area contributed by atoms with Crippen molar-refractivity contribution in [1.29, 1.82) is 0 Å². The minimum Gasteiger partial charge on any atom is -0.309 e. The summed E-state index contributed by atoms with van der Waals surface area (Å²) in [6, 6.07) is 0.0177. The van der Waals surface area contributed by atoms with Crippen LogP contribution in [0.4, 0.5) is 13.2 Å². The van der Waals surface area contributed by atoms with E-state index >= 15 is 0 Å². The molecule has 0 amide bonds. The molecule has 0 aliphatic carbocycles. The van der Waals surface area contributed by atoms with Crippen LogP contribution in [0, 0.1) is 0 Å². The van der Waals surface area contributed by atoms with Crippen LogP contribution in [0.2, 0.25) is 0 Å². The number of nitrogens with zero attached hydrogens (tertiary/aromatic N) is 2. The van der Waals surface area contributed by atoms with Crippen LogP contribution in [0.25, 0.3) is 0 Å². The first-order valence-electron chi connectivity index (χ1n) is 5.39. The standard InChI is InChI=1S/C10H16F3N3S/c1-3-16-7-9(6-15-16)8(2)14-4-5-17-10(11,12)13/h6-8,14H,3-5H2,1-2H3. The largest absolute Gasteiger partial charge is 0.441 e. The molecule has 1 heterocycles. The second kappa shape index (κ2) is 6.30. The van der Waals surface area contributed by atoms with Gasteiger partial charge < -0.3 is 5.32 Å². The molecule has 0 fully saturated rings. The van der Waals surface area contributed by atoms with Crippen LogP contribution in [0.1, 0.15) is 25.5 Å². The third-order valence-electron chi connectivity index (χ3n) is 2.30. The molecule has 1 N–H and O–H groups in total. The number of aryl methyl sites for hydroxylation is 1. The summed E-state index contributed by atoms with van der Waals surface area (Å²) in [4.78, 5) is 0. The molecule has 0 saturated carbocycles. The number of alkyl halides is 3. The van der Waals surface area contributed by atoms with E-state index in [1.807, 2.05) is 20.0 Å². The zero-order valence-corrected chi connectivity index (χ0v) is 10.6. The highest BCUT2D eigenvalue weighted by molar-refractivity contribution is 8.00. The number of aromatic nitrogens is 2. The molecule has 0 aliphatic heterocycles. The van der Waals surface area contributed by atoms with Crippen molar-refractivity contribution in [2.45, 2.75) is 31.9 Å². The second-order valence-corrected chi connectivity index (χ2v) is 4.76. The number of nitrogens with one attached hydrogen (secondary N) is 1. The lowest BCUT2D eigenvalue weighted by Crippen LogP contribution is -2.22. The first-order valence-corrected chi connectivity index (χ1v) is 6.37. The number of hydrogen-bond acceptors (Lipinski definition) is 3. The third-order valence-corrected chi connectivity index (χ3v) is 3.03. The quantitative estimate of drug-likeness (QED) is 0.804. The van der Waals surface area contributed by atoms with E-state index in [0.717, 1.165) is 12.1 Å². The Hall–Kier alpha value is -0.690. The van der Waals surface area contributed by atoms with Gasteiger partial charge in [0.05, 0.1) is 6.20 Å². The van der Waals surface area contributed by atoms with Crippen LogP contribution in [0.3, 0.4) is 0 Å². The van der Waals surface area contributed by atoms with E-state index in [-0.39, 0.29) is 23.6 Å². The summed E-state index contributed by atoms with van der Waals surface area (Å²) < 4.78 is 37.4. The topological polar surface area (TPSA) is 29.9 Å². The van der Waals surface area contributed by atoms with Crippen LogP contribution < -0.4 is 5.32 Å². The molecule has 0 aliphatic rings. The summed E-state index contributed by atoms with van der Waals surface area (Å²) in [6.07, 6.45) is 3.63. The van der Waals surface area contributed by atoms with Gasteiger partial charge in [0.2, 0.25) is 0 Å². The zero-order valence-electron chi connectivity index (χ0n) is 9.79. The van der Waals surface area contributed by atoms with Gasteiger partial charge in [0.25, 0.3) is 0 Å². The Balaban J connectivity index is 2.27. The third kappa shape index (κ3) is 5.45. The molecular weight excluding hydrogens is 251 g/mol. The van der Waals surface area contributed by atoms with Crippen LogP contribution in [0.15, 0.2) is 12.4 Å². The van der Waals surface area contributed by atoms with Gasteiger partial charge in [-0.2, -0.15) is 18.3 Å². The summed E-state index contributed by atoms with van der Waals surface area (Å²) in [5, 5.41) is 7.15. The highest BCUT2D eigenvalue weighted by Gasteiger charge is 2.27. The molecule has 1 unspecified atom stereocenters. The van der Waals surface area contributed by atoms with Crippen molar-refractivity contribution in [3.05, 3.63) is 18.0 Å². The number of hydrogen-bond donors (Lipinski definition) is 1. The van der Waals surface area contributed by atoms with E-state index in [1.165, 1.54) is 0 Å². The predicted molar refractivity (Wildman–Crippen MR) is 62.8 cm³/mol. The highest BCUT2D eigenvalue weighted by atomic mass is 32.2. The Labute approximate surface area is 103 Å². The van der Waals surface area contributed by atoms with Gasteiger partial charge in [-0.1, -0.05) is 0 Å². The SMILES string of the molecule is CCn1cc(C(C)NCCSC(F)(F)F)cn1. The maximum Gasteiger partial charge on any atom is 0.441 e. The normalized spacial score (nSPS) is 13.9. The second-order valence-electron chi connectivity index (χ2n) is 3.60. The Bertz CT molecular complexity index is 338. The van der Waals surface area contributed by atoms with Crippen LogP contribution in [-0.2, 0) is 6.54 Å². The van der Waals surface area contributed by atoms with Crippen LogP contribution in [0.5, 0.6) is 0 Å². The Morgan fingerprint density at radius 2 is 2.24 bits per heavy atom. The minimum absolute atomic E-state index is 0.00287. The van der Waals surface area contributed by atoms with Gasteiger partial charge in [0, 0.05) is 36.6 Å². The van der Waals surface area contributed by atoms with Crippen molar-refractivity contribution in [2.75, 3.05) is 12.3 Å². The fourth-order valence-corrected chi connectivity index (χ4v) is 1.79. The van der Waals surface area contributed by atoms with E-state index in [9.17, 15) is 13.2 Å². The van der Waals surface area contributed by atoms with Crippen molar-refractivity contribution in [2.24, 2.45) is 0 Å². The summed E-state index contributed by atoms with van der Waals surface area (Å²) in [6.45, 7) is 5.00. The van der Waals surface area contributed by atoms with Crippen molar-refractivity contribution in [1.82, 2.24) is 15.1 Å². The van der Waals surface area contributed by atoms with Gasteiger partial charge in [-0.25, -0.2) is 0 Å². The summed E-state index contributed by atoms with van der Waals surface area (Å²) >= 11 is -0.00287. The Morgan fingerprint density at radius 1 is 1.53 bits per heavy atom. The highest BCUT2D eigenvalue weighted by Crippen LogP contribution is 2.29. The van der Waals surface area contributed by atoms with Gasteiger partial charge in [-0.15, -0.1) is 0 Å². The van der Waals surface area contributed by atoms with E-state index in [4.69, 9.17) is 0 Å². The lowest BCUT2D eigenvalue weighted by Gasteiger charge is -2.12. The fraction of sp³-hybridized carbons (Fsp3) is 0.700. The molecule has 1 aromatic heterocycles. The van der Waals surface area contributed by atoms with E-state index < -0.39 is 5.51 Å². The van der Waals surface area contributed by atoms with Gasteiger partial charge >= 0.3 is 5.51 Å². The van der Waals surface area contributed by atoms with Gasteiger partial charge in [-0.3, -0.25) is 4.68 Å². The van der Waals surface area contributed by atoms with Crippen molar-refractivity contribution >= 4 is 11.8 Å². The molecular formula is C10H16F3N3S. The molecule has 1 atom stereocenters. The van der Waals surface area contributed by atoms with E-state index in [1.54, 1.807) is 10.9 Å². The average molecular weight is 267 g/mol. The lowest BCUT2D eigenvalue weighted by molar-refractivity contribution is -0.0327. The fourth-order valence-electron chi connectivity index (χ4n) is 1.34. The van der Waals surface area contributed by atoms with Crippen molar-refractivity contribution < 1.29 is 13.2 Å². The zero-order chi connectivity index (χ0) is 12.9. The first kappa shape index (κ1) is 14.4. The Kier molecular flexibility index (Phi) is 5.32. The predicted octanol–water partition coefficient (Wildman–Crippen LogP) is 2.81. The van der Waals surface area contributed by atoms with Gasteiger partial charge in [0.1, 0.15) is 0 Å². The molecule has 0 bridgehead atoms. The monoisotopic (exact) mass is 267 g/mol. The van der Waals surface area contributed by atoms with Gasteiger partial charge in [0.15, 0.2) is 0 Å². The van der Waals surface area contributed by atoms with Crippen molar-refractivity contribution in [3.63, 3.8) is 0 Å². The lowest BCUT2D eigenvalue weighted by atomic mass is 10.2. The molecule has 1 rings (SSSR count). The molecule has 3 nitrogen and oxygen atoms in total. The Morgan fingerprint density at radius 3 is 2.76 bits per heavy atom. The number of thioether (sulfide) groups is 1. The number of rotatable bonds is 6. The van der Waals surface area contributed by atoms with Crippen molar-refractivity contribution in [3.8, 4) is 0 Å². The minimum atomic E-state index is -4.14. The van der Waals surface area contributed by atoms with E-state index in [2.05, 4.69) is 10.4 Å². The smallest absolute Gasteiger partial charge is 0.309 e. The van der Waals surface area contributed by atoms with E-state index in [0.29, 0.717) is 6.54 Å². The first-order chi connectivity index (χ1) is 7.92. The van der Waals surface area contributed by atoms with Crippen LogP contribution in [-0.4, -0.2) is 27.6 Å². The average Bonchev–Trinajstić information content (AvgIpc) is 2.71. The molecule has 1 aromatic rings. The maximum atomic E-state index is 11.9. The molecule has 7 heteroatoms. The summed E-state index contributed by atoms with van der Waals surface area (Å²) in [5.41, 5.74) is -3.15. The summed E-state index contributed by atoms with van der Waals surface area (Å²) in [7, 11) is 0. The number of halogens is 3. The molecule has 0 aromatic carbocycles.